The average molecular weight is 323 g/mol. The van der Waals surface area contributed by atoms with Crippen molar-refractivity contribution in [2.24, 2.45) is 5.73 Å². The number of nitrogens with zero attached hydrogens (tertiary/aromatic N) is 2. The van der Waals surface area contributed by atoms with Crippen molar-refractivity contribution in [1.29, 1.82) is 0 Å². The highest BCUT2D eigenvalue weighted by Gasteiger charge is 2.16. The molecular weight excluding hydrogens is 298 g/mol. The normalized spacial score (nSPS) is 16.2. The van der Waals surface area contributed by atoms with E-state index in [1.165, 1.54) is 11.1 Å². The molecule has 1 fully saturated rings. The van der Waals surface area contributed by atoms with Crippen LogP contribution in [0.4, 0.5) is 0 Å². The minimum atomic E-state index is -0.367. The van der Waals surface area contributed by atoms with Crippen LogP contribution in [0.1, 0.15) is 21.5 Å². The molecule has 0 bridgehead atoms. The fourth-order valence-electron chi connectivity index (χ4n) is 3.14. The van der Waals surface area contributed by atoms with E-state index in [-0.39, 0.29) is 5.91 Å². The Kier molecular flexibility index (Phi) is 5.62. The molecule has 0 radical (unpaired) electrons. The molecule has 2 aromatic carbocycles. The summed E-state index contributed by atoms with van der Waals surface area (Å²) in [7, 11) is 0. The van der Waals surface area contributed by atoms with Crippen molar-refractivity contribution in [3.63, 3.8) is 0 Å². The molecule has 0 unspecified atom stereocenters. The van der Waals surface area contributed by atoms with Crippen molar-refractivity contribution in [2.45, 2.75) is 13.0 Å². The van der Waals surface area contributed by atoms with Gasteiger partial charge in [-0.25, -0.2) is 0 Å². The van der Waals surface area contributed by atoms with E-state index in [0.29, 0.717) is 5.56 Å². The molecule has 126 valence electrons. The third-order valence-electron chi connectivity index (χ3n) is 4.67. The smallest absolute Gasteiger partial charge is 0.248 e. The van der Waals surface area contributed by atoms with Crippen molar-refractivity contribution in [3.05, 3.63) is 71.3 Å². The first kappa shape index (κ1) is 16.7. The molecule has 4 nitrogen and oxygen atoms in total. The second kappa shape index (κ2) is 8.08. The Morgan fingerprint density at radius 2 is 1.46 bits per heavy atom. The number of piperazine rings is 1. The largest absolute Gasteiger partial charge is 0.366 e. The van der Waals surface area contributed by atoms with Crippen molar-refractivity contribution < 1.29 is 4.79 Å². The summed E-state index contributed by atoms with van der Waals surface area (Å²) in [5.41, 5.74) is 8.50. The van der Waals surface area contributed by atoms with Gasteiger partial charge in [0.2, 0.25) is 5.91 Å². The van der Waals surface area contributed by atoms with Crippen LogP contribution in [0.15, 0.2) is 54.6 Å². The van der Waals surface area contributed by atoms with Crippen LogP contribution >= 0.6 is 0 Å². The molecule has 0 aromatic heterocycles. The van der Waals surface area contributed by atoms with Gasteiger partial charge in [-0.3, -0.25) is 9.69 Å². The van der Waals surface area contributed by atoms with Gasteiger partial charge in [-0.2, -0.15) is 0 Å². The highest BCUT2D eigenvalue weighted by molar-refractivity contribution is 5.92. The maximum atomic E-state index is 11.1. The highest BCUT2D eigenvalue weighted by atomic mass is 16.1. The summed E-state index contributed by atoms with van der Waals surface area (Å²) >= 11 is 0. The van der Waals surface area contributed by atoms with Gasteiger partial charge in [0.15, 0.2) is 0 Å². The quantitative estimate of drug-likeness (QED) is 0.886. The standard InChI is InChI=1S/C20H25N3O/c21-20(24)19-8-6-18(7-9-19)16-23-14-12-22(13-15-23)11-10-17-4-2-1-3-5-17/h1-9H,10-16H2,(H2,21,24). The van der Waals surface area contributed by atoms with Crippen molar-refractivity contribution in [3.8, 4) is 0 Å². The molecule has 1 amide bonds. The predicted octanol–water partition coefficient (Wildman–Crippen LogP) is 2.15. The molecular formula is C20H25N3O. The Morgan fingerprint density at radius 3 is 2.08 bits per heavy atom. The van der Waals surface area contributed by atoms with Crippen LogP contribution in [0.3, 0.4) is 0 Å². The second-order valence-corrected chi connectivity index (χ2v) is 6.41. The molecule has 2 aromatic rings. The molecule has 24 heavy (non-hydrogen) atoms. The molecule has 3 rings (SSSR count). The number of amides is 1. The Labute approximate surface area is 143 Å². The summed E-state index contributed by atoms with van der Waals surface area (Å²) in [6.07, 6.45) is 1.12. The topological polar surface area (TPSA) is 49.6 Å². The van der Waals surface area contributed by atoms with Crippen LogP contribution in [-0.4, -0.2) is 48.4 Å². The van der Waals surface area contributed by atoms with Gasteiger partial charge in [-0.1, -0.05) is 42.5 Å². The zero-order valence-electron chi connectivity index (χ0n) is 14.0. The van der Waals surface area contributed by atoms with E-state index in [1.54, 1.807) is 0 Å². The van der Waals surface area contributed by atoms with Gasteiger partial charge in [0.05, 0.1) is 0 Å². The number of carbonyl (C=O) groups is 1. The summed E-state index contributed by atoms with van der Waals surface area (Å²) in [6, 6.07) is 18.3. The number of benzene rings is 2. The molecule has 1 aliphatic rings. The van der Waals surface area contributed by atoms with Crippen LogP contribution in [0.5, 0.6) is 0 Å². The summed E-state index contributed by atoms with van der Waals surface area (Å²) < 4.78 is 0. The first-order chi connectivity index (χ1) is 11.7. The molecule has 0 atom stereocenters. The van der Waals surface area contributed by atoms with Gasteiger partial charge in [0, 0.05) is 44.8 Å². The molecule has 4 heteroatoms. The molecule has 1 aliphatic heterocycles. The van der Waals surface area contributed by atoms with E-state index in [2.05, 4.69) is 40.1 Å². The molecule has 0 spiro atoms. The van der Waals surface area contributed by atoms with E-state index in [9.17, 15) is 4.79 Å². The Bertz CT molecular complexity index is 646. The maximum absolute atomic E-state index is 11.1. The van der Waals surface area contributed by atoms with Crippen molar-refractivity contribution in [2.75, 3.05) is 32.7 Å². The summed E-state index contributed by atoms with van der Waals surface area (Å²) in [5.74, 6) is -0.367. The number of carbonyl (C=O) groups excluding carboxylic acids is 1. The lowest BCUT2D eigenvalue weighted by molar-refractivity contribution is 0.1000. The molecule has 2 N–H and O–H groups in total. The monoisotopic (exact) mass is 323 g/mol. The predicted molar refractivity (Wildman–Crippen MR) is 96.8 cm³/mol. The van der Waals surface area contributed by atoms with E-state index >= 15 is 0 Å². The van der Waals surface area contributed by atoms with Crippen LogP contribution in [0.2, 0.25) is 0 Å². The summed E-state index contributed by atoms with van der Waals surface area (Å²) in [5, 5.41) is 0. The van der Waals surface area contributed by atoms with Gasteiger partial charge in [0.25, 0.3) is 0 Å². The lowest BCUT2D eigenvalue weighted by Gasteiger charge is -2.34. The minimum Gasteiger partial charge on any atom is -0.366 e. The maximum Gasteiger partial charge on any atom is 0.248 e. The second-order valence-electron chi connectivity index (χ2n) is 6.41. The van der Waals surface area contributed by atoms with Gasteiger partial charge in [0.1, 0.15) is 0 Å². The van der Waals surface area contributed by atoms with Gasteiger partial charge < -0.3 is 10.6 Å². The van der Waals surface area contributed by atoms with Crippen LogP contribution in [0.25, 0.3) is 0 Å². The first-order valence-corrected chi connectivity index (χ1v) is 8.58. The van der Waals surface area contributed by atoms with Crippen molar-refractivity contribution in [1.82, 2.24) is 9.80 Å². The number of hydrogen-bond acceptors (Lipinski definition) is 3. The fourth-order valence-corrected chi connectivity index (χ4v) is 3.14. The zero-order valence-corrected chi connectivity index (χ0v) is 14.0. The SMILES string of the molecule is NC(=O)c1ccc(CN2CCN(CCc3ccccc3)CC2)cc1. The third-order valence-corrected chi connectivity index (χ3v) is 4.67. The van der Waals surface area contributed by atoms with E-state index in [1.807, 2.05) is 24.3 Å². The average Bonchev–Trinajstić information content (AvgIpc) is 2.62. The van der Waals surface area contributed by atoms with Crippen LogP contribution in [-0.2, 0) is 13.0 Å². The van der Waals surface area contributed by atoms with E-state index in [0.717, 1.165) is 45.7 Å². The summed E-state index contributed by atoms with van der Waals surface area (Å²) in [6.45, 7) is 6.48. The lowest BCUT2D eigenvalue weighted by atomic mass is 10.1. The Balaban J connectivity index is 1.42. The van der Waals surface area contributed by atoms with Gasteiger partial charge in [-0.15, -0.1) is 0 Å². The number of hydrogen-bond donors (Lipinski definition) is 1. The van der Waals surface area contributed by atoms with E-state index < -0.39 is 0 Å². The number of nitrogens with two attached hydrogens (primary N) is 1. The zero-order chi connectivity index (χ0) is 16.8. The van der Waals surface area contributed by atoms with Gasteiger partial charge >= 0.3 is 0 Å². The molecule has 1 saturated heterocycles. The van der Waals surface area contributed by atoms with Crippen LogP contribution < -0.4 is 5.73 Å². The molecule has 1 heterocycles. The lowest BCUT2D eigenvalue weighted by Crippen LogP contribution is -2.46. The Hall–Kier alpha value is -2.17. The van der Waals surface area contributed by atoms with Crippen molar-refractivity contribution >= 4 is 5.91 Å². The molecule has 0 aliphatic carbocycles. The fraction of sp³-hybridized carbons (Fsp3) is 0.350. The minimum absolute atomic E-state index is 0.367. The summed E-state index contributed by atoms with van der Waals surface area (Å²) in [4.78, 5) is 16.1. The first-order valence-electron chi connectivity index (χ1n) is 8.58. The third kappa shape index (κ3) is 4.66. The van der Waals surface area contributed by atoms with Crippen LogP contribution in [0, 0.1) is 0 Å². The number of primary amides is 1. The molecule has 0 saturated carbocycles. The van der Waals surface area contributed by atoms with Gasteiger partial charge in [-0.05, 0) is 29.7 Å². The Morgan fingerprint density at radius 1 is 0.833 bits per heavy atom. The highest BCUT2D eigenvalue weighted by Crippen LogP contribution is 2.11. The number of rotatable bonds is 6. The van der Waals surface area contributed by atoms with E-state index in [4.69, 9.17) is 5.73 Å².